The molecule has 0 aromatic carbocycles. The van der Waals surface area contributed by atoms with Crippen LogP contribution >= 0.6 is 0 Å². The molecule has 1 unspecified atom stereocenters. The highest BCUT2D eigenvalue weighted by molar-refractivity contribution is 5.84. The number of carbonyl (C=O) groups is 1. The van der Waals surface area contributed by atoms with E-state index in [1.165, 1.54) is 0 Å². The molecule has 1 amide bonds. The van der Waals surface area contributed by atoms with E-state index in [0.29, 0.717) is 5.92 Å². The molecule has 2 rings (SSSR count). The van der Waals surface area contributed by atoms with E-state index in [1.54, 1.807) is 0 Å². The number of primary amides is 1. The fraction of sp³-hybridized carbons (Fsp3) is 0.875. The molecule has 0 spiro atoms. The first kappa shape index (κ1) is 7.10. The minimum atomic E-state index is -0.156. The van der Waals surface area contributed by atoms with Gasteiger partial charge in [0.15, 0.2) is 0 Å². The topological polar surface area (TPSA) is 52.3 Å². The maximum absolute atomic E-state index is 11.0. The van der Waals surface area contributed by atoms with Crippen LogP contribution in [0.2, 0.25) is 0 Å². The molecule has 1 saturated heterocycles. The SMILES string of the molecule is NC(=O)C1(C2CCOC2)CC1. The number of ether oxygens (including phenoxy) is 1. The lowest BCUT2D eigenvalue weighted by atomic mass is 9.88. The van der Waals surface area contributed by atoms with Crippen molar-refractivity contribution in [1.29, 1.82) is 0 Å². The van der Waals surface area contributed by atoms with Gasteiger partial charge in [0.05, 0.1) is 12.0 Å². The molecule has 0 radical (unpaired) electrons. The first-order valence-corrected chi connectivity index (χ1v) is 4.13. The summed E-state index contributed by atoms with van der Waals surface area (Å²) in [5, 5.41) is 0. The monoisotopic (exact) mass is 155 g/mol. The van der Waals surface area contributed by atoms with Crippen LogP contribution in [0.15, 0.2) is 0 Å². The van der Waals surface area contributed by atoms with E-state index in [1.807, 2.05) is 0 Å². The Bertz CT molecular complexity index is 181. The molecule has 2 N–H and O–H groups in total. The van der Waals surface area contributed by atoms with Crippen LogP contribution in [0.4, 0.5) is 0 Å². The smallest absolute Gasteiger partial charge is 0.224 e. The van der Waals surface area contributed by atoms with E-state index in [-0.39, 0.29) is 11.3 Å². The van der Waals surface area contributed by atoms with Gasteiger partial charge in [-0.15, -0.1) is 0 Å². The lowest BCUT2D eigenvalue weighted by Gasteiger charge is -2.16. The van der Waals surface area contributed by atoms with Gasteiger partial charge in [0.2, 0.25) is 5.91 Å². The van der Waals surface area contributed by atoms with Gasteiger partial charge in [0, 0.05) is 6.61 Å². The first-order chi connectivity index (χ1) is 5.26. The molecule has 3 heteroatoms. The largest absolute Gasteiger partial charge is 0.381 e. The maximum Gasteiger partial charge on any atom is 0.224 e. The zero-order valence-corrected chi connectivity index (χ0v) is 6.51. The van der Waals surface area contributed by atoms with Crippen LogP contribution in [0.25, 0.3) is 0 Å². The third-order valence-electron chi connectivity index (χ3n) is 2.99. The Morgan fingerprint density at radius 2 is 2.27 bits per heavy atom. The molecule has 1 heterocycles. The number of hydrogen-bond donors (Lipinski definition) is 1. The Kier molecular flexibility index (Phi) is 1.42. The van der Waals surface area contributed by atoms with E-state index < -0.39 is 0 Å². The van der Waals surface area contributed by atoms with Crippen molar-refractivity contribution < 1.29 is 9.53 Å². The van der Waals surface area contributed by atoms with Crippen molar-refractivity contribution in [2.75, 3.05) is 13.2 Å². The standard InChI is InChI=1S/C8H13NO2/c9-7(10)8(2-3-8)6-1-4-11-5-6/h6H,1-5H2,(H2,9,10). The van der Waals surface area contributed by atoms with Gasteiger partial charge in [-0.25, -0.2) is 0 Å². The number of carbonyl (C=O) groups excluding carboxylic acids is 1. The highest BCUT2D eigenvalue weighted by atomic mass is 16.5. The van der Waals surface area contributed by atoms with Crippen LogP contribution in [0.3, 0.4) is 0 Å². The van der Waals surface area contributed by atoms with Crippen molar-refractivity contribution in [1.82, 2.24) is 0 Å². The average molecular weight is 155 g/mol. The lowest BCUT2D eigenvalue weighted by Crippen LogP contribution is -2.32. The Balaban J connectivity index is 2.07. The molecule has 11 heavy (non-hydrogen) atoms. The van der Waals surface area contributed by atoms with Gasteiger partial charge in [-0.2, -0.15) is 0 Å². The van der Waals surface area contributed by atoms with Crippen molar-refractivity contribution >= 4 is 5.91 Å². The molecule has 1 aliphatic heterocycles. The Hall–Kier alpha value is -0.570. The molecule has 0 bridgehead atoms. The Labute approximate surface area is 65.9 Å². The summed E-state index contributed by atoms with van der Waals surface area (Å²) in [6.45, 7) is 1.54. The summed E-state index contributed by atoms with van der Waals surface area (Å²) in [5.74, 6) is 0.299. The van der Waals surface area contributed by atoms with Crippen molar-refractivity contribution in [3.63, 3.8) is 0 Å². The highest BCUT2D eigenvalue weighted by Gasteiger charge is 2.55. The van der Waals surface area contributed by atoms with Gasteiger partial charge in [0.25, 0.3) is 0 Å². The van der Waals surface area contributed by atoms with Crippen molar-refractivity contribution in [2.24, 2.45) is 17.1 Å². The van der Waals surface area contributed by atoms with Crippen molar-refractivity contribution in [3.05, 3.63) is 0 Å². The second kappa shape index (κ2) is 2.21. The third kappa shape index (κ3) is 0.948. The van der Waals surface area contributed by atoms with E-state index in [0.717, 1.165) is 32.5 Å². The molecule has 2 fully saturated rings. The number of hydrogen-bond acceptors (Lipinski definition) is 2. The summed E-state index contributed by atoms with van der Waals surface area (Å²) in [6.07, 6.45) is 2.98. The van der Waals surface area contributed by atoms with E-state index in [4.69, 9.17) is 10.5 Å². The molecule has 2 aliphatic rings. The van der Waals surface area contributed by atoms with Crippen molar-refractivity contribution in [2.45, 2.75) is 19.3 Å². The van der Waals surface area contributed by atoms with Crippen LogP contribution in [-0.4, -0.2) is 19.1 Å². The maximum atomic E-state index is 11.0. The van der Waals surface area contributed by atoms with E-state index in [9.17, 15) is 4.79 Å². The summed E-state index contributed by atoms with van der Waals surface area (Å²) < 4.78 is 5.23. The normalized spacial score (nSPS) is 33.6. The molecule has 62 valence electrons. The van der Waals surface area contributed by atoms with E-state index >= 15 is 0 Å². The van der Waals surface area contributed by atoms with Crippen LogP contribution < -0.4 is 5.73 Å². The van der Waals surface area contributed by atoms with Gasteiger partial charge in [-0.1, -0.05) is 0 Å². The molecule has 0 aromatic rings. The third-order valence-corrected chi connectivity index (χ3v) is 2.99. The summed E-state index contributed by atoms with van der Waals surface area (Å²) in [7, 11) is 0. The Morgan fingerprint density at radius 1 is 1.55 bits per heavy atom. The second-order valence-electron chi connectivity index (χ2n) is 3.58. The quantitative estimate of drug-likeness (QED) is 0.623. The predicted octanol–water partition coefficient (Wildman–Crippen LogP) is 0.288. The zero-order valence-electron chi connectivity index (χ0n) is 6.51. The minimum Gasteiger partial charge on any atom is -0.381 e. The molecular weight excluding hydrogens is 142 g/mol. The fourth-order valence-electron chi connectivity index (χ4n) is 1.96. The Morgan fingerprint density at radius 3 is 2.64 bits per heavy atom. The molecule has 3 nitrogen and oxygen atoms in total. The summed E-state index contributed by atoms with van der Waals surface area (Å²) in [5.41, 5.74) is 5.16. The minimum absolute atomic E-state index is 0.118. The van der Waals surface area contributed by atoms with Gasteiger partial charge in [-0.3, -0.25) is 4.79 Å². The highest BCUT2D eigenvalue weighted by Crippen LogP contribution is 2.54. The van der Waals surface area contributed by atoms with Crippen LogP contribution in [0.1, 0.15) is 19.3 Å². The van der Waals surface area contributed by atoms with Gasteiger partial charge >= 0.3 is 0 Å². The second-order valence-corrected chi connectivity index (χ2v) is 3.58. The fourth-order valence-corrected chi connectivity index (χ4v) is 1.96. The predicted molar refractivity (Wildman–Crippen MR) is 39.8 cm³/mol. The summed E-state index contributed by atoms with van der Waals surface area (Å²) >= 11 is 0. The number of rotatable bonds is 2. The zero-order chi connectivity index (χ0) is 7.90. The average Bonchev–Trinajstić information content (AvgIpc) is 2.61. The van der Waals surface area contributed by atoms with Gasteiger partial charge < -0.3 is 10.5 Å². The molecule has 1 saturated carbocycles. The molecule has 0 aromatic heterocycles. The number of nitrogens with two attached hydrogens (primary N) is 1. The van der Waals surface area contributed by atoms with Crippen LogP contribution in [0, 0.1) is 11.3 Å². The van der Waals surface area contributed by atoms with Gasteiger partial charge in [0.1, 0.15) is 0 Å². The summed E-state index contributed by atoms with van der Waals surface area (Å²) in [6, 6.07) is 0. The molecule has 1 atom stereocenters. The summed E-state index contributed by atoms with van der Waals surface area (Å²) in [4.78, 5) is 11.0. The molecule has 1 aliphatic carbocycles. The number of amides is 1. The van der Waals surface area contributed by atoms with Crippen LogP contribution in [-0.2, 0) is 9.53 Å². The van der Waals surface area contributed by atoms with Crippen LogP contribution in [0.5, 0.6) is 0 Å². The van der Waals surface area contributed by atoms with Crippen molar-refractivity contribution in [3.8, 4) is 0 Å². The lowest BCUT2D eigenvalue weighted by molar-refractivity contribution is -0.125. The van der Waals surface area contributed by atoms with Gasteiger partial charge in [-0.05, 0) is 25.2 Å². The van der Waals surface area contributed by atoms with E-state index in [2.05, 4.69) is 0 Å². The first-order valence-electron chi connectivity index (χ1n) is 4.13. The molecular formula is C8H13NO2.